The fraction of sp³-hybridized carbons (Fsp3) is 0.294. The molecule has 0 spiro atoms. The number of methoxy groups -OCH3 is 1. The number of ether oxygens (including phenoxy) is 1. The van der Waals surface area contributed by atoms with E-state index in [4.69, 9.17) is 4.74 Å². The lowest BCUT2D eigenvalue weighted by molar-refractivity contribution is 0.0937. The molecular weight excluding hydrogens is 292 g/mol. The molecule has 0 aliphatic heterocycles. The van der Waals surface area contributed by atoms with E-state index >= 15 is 0 Å². The van der Waals surface area contributed by atoms with Crippen molar-refractivity contribution in [1.29, 1.82) is 0 Å². The van der Waals surface area contributed by atoms with Gasteiger partial charge >= 0.3 is 0 Å². The first kappa shape index (κ1) is 16.8. The van der Waals surface area contributed by atoms with Gasteiger partial charge in [0, 0.05) is 45.3 Å². The fourth-order valence-electron chi connectivity index (χ4n) is 2.01. The smallest absolute Gasteiger partial charge is 0.253 e. The molecule has 122 valence electrons. The summed E-state index contributed by atoms with van der Waals surface area (Å²) in [5.41, 5.74) is 3.34. The van der Waals surface area contributed by atoms with Crippen LogP contribution in [0.1, 0.15) is 10.4 Å². The summed E-state index contributed by atoms with van der Waals surface area (Å²) in [6.45, 7) is 0.953. The molecule has 0 bridgehead atoms. The van der Waals surface area contributed by atoms with E-state index in [0.29, 0.717) is 18.7 Å². The lowest BCUT2D eigenvalue weighted by atomic mass is 10.2. The van der Waals surface area contributed by atoms with Crippen LogP contribution < -0.4 is 15.5 Å². The van der Waals surface area contributed by atoms with Crippen molar-refractivity contribution < 1.29 is 9.53 Å². The molecule has 6 nitrogen and oxygen atoms in total. The Labute approximate surface area is 136 Å². The Morgan fingerprint density at radius 2 is 1.91 bits per heavy atom. The zero-order chi connectivity index (χ0) is 16.7. The van der Waals surface area contributed by atoms with Crippen LogP contribution in [0.25, 0.3) is 0 Å². The maximum Gasteiger partial charge on any atom is 0.253 e. The average molecular weight is 314 g/mol. The van der Waals surface area contributed by atoms with Gasteiger partial charge in [0.15, 0.2) is 0 Å². The largest absolute Gasteiger partial charge is 0.383 e. The van der Waals surface area contributed by atoms with Gasteiger partial charge in [-0.15, -0.1) is 0 Å². The molecule has 0 saturated carbocycles. The Kier molecular flexibility index (Phi) is 5.94. The molecule has 0 aliphatic rings. The van der Waals surface area contributed by atoms with Crippen molar-refractivity contribution in [3.8, 4) is 0 Å². The van der Waals surface area contributed by atoms with E-state index in [1.807, 2.05) is 43.3 Å². The standard InChI is InChI=1S/C17H22N4O2/c1-21(2)16-6-4-14(5-7-16)20-15-10-13(11-18-12-15)17(22)19-8-9-23-3/h4-7,10-12,20H,8-9H2,1-3H3,(H,19,22). The van der Waals surface area contributed by atoms with Crippen molar-refractivity contribution in [3.05, 3.63) is 48.3 Å². The third-order valence-corrected chi connectivity index (χ3v) is 3.26. The number of benzene rings is 1. The zero-order valence-corrected chi connectivity index (χ0v) is 13.7. The molecule has 2 rings (SSSR count). The van der Waals surface area contributed by atoms with Gasteiger partial charge in [0.2, 0.25) is 0 Å². The minimum absolute atomic E-state index is 0.166. The van der Waals surface area contributed by atoms with Crippen molar-refractivity contribution in [2.24, 2.45) is 0 Å². The van der Waals surface area contributed by atoms with E-state index in [9.17, 15) is 4.79 Å². The summed E-state index contributed by atoms with van der Waals surface area (Å²) in [6, 6.07) is 9.80. The minimum atomic E-state index is -0.166. The molecule has 2 aromatic rings. The van der Waals surface area contributed by atoms with E-state index in [2.05, 4.69) is 15.6 Å². The summed E-state index contributed by atoms with van der Waals surface area (Å²) in [4.78, 5) is 18.2. The van der Waals surface area contributed by atoms with Crippen LogP contribution in [0, 0.1) is 0 Å². The van der Waals surface area contributed by atoms with Gasteiger partial charge in [-0.1, -0.05) is 0 Å². The Hall–Kier alpha value is -2.60. The highest BCUT2D eigenvalue weighted by Crippen LogP contribution is 2.20. The SMILES string of the molecule is COCCNC(=O)c1cncc(Nc2ccc(N(C)C)cc2)c1. The number of anilines is 3. The lowest BCUT2D eigenvalue weighted by Gasteiger charge is -2.13. The second-order valence-electron chi connectivity index (χ2n) is 5.28. The van der Waals surface area contributed by atoms with Crippen LogP contribution in [0.3, 0.4) is 0 Å². The van der Waals surface area contributed by atoms with Crippen LogP contribution in [0.5, 0.6) is 0 Å². The maximum atomic E-state index is 12.0. The summed E-state index contributed by atoms with van der Waals surface area (Å²) in [5.74, 6) is -0.166. The van der Waals surface area contributed by atoms with Crippen LogP contribution in [0.4, 0.5) is 17.1 Å². The molecule has 0 unspecified atom stereocenters. The van der Waals surface area contributed by atoms with Crippen molar-refractivity contribution in [2.75, 3.05) is 44.6 Å². The monoisotopic (exact) mass is 314 g/mol. The Bertz CT molecular complexity index is 641. The van der Waals surface area contributed by atoms with Gasteiger partial charge in [-0.25, -0.2) is 0 Å². The zero-order valence-electron chi connectivity index (χ0n) is 13.7. The van der Waals surface area contributed by atoms with E-state index in [1.54, 1.807) is 25.6 Å². The molecular formula is C17H22N4O2. The lowest BCUT2D eigenvalue weighted by Crippen LogP contribution is -2.27. The molecule has 1 heterocycles. The number of rotatable bonds is 7. The molecule has 1 amide bonds. The van der Waals surface area contributed by atoms with E-state index in [1.165, 1.54) is 0 Å². The summed E-state index contributed by atoms with van der Waals surface area (Å²) in [6.07, 6.45) is 3.23. The summed E-state index contributed by atoms with van der Waals surface area (Å²) in [5, 5.41) is 6.02. The number of hydrogen-bond donors (Lipinski definition) is 2. The number of nitrogens with one attached hydrogen (secondary N) is 2. The Morgan fingerprint density at radius 1 is 1.17 bits per heavy atom. The summed E-state index contributed by atoms with van der Waals surface area (Å²) >= 11 is 0. The van der Waals surface area contributed by atoms with Crippen LogP contribution in [0.15, 0.2) is 42.7 Å². The molecule has 0 aliphatic carbocycles. The molecule has 1 aromatic heterocycles. The average Bonchev–Trinajstić information content (AvgIpc) is 2.56. The normalized spacial score (nSPS) is 10.2. The van der Waals surface area contributed by atoms with Gasteiger partial charge < -0.3 is 20.3 Å². The van der Waals surface area contributed by atoms with Crippen LogP contribution in [-0.4, -0.2) is 45.2 Å². The highest BCUT2D eigenvalue weighted by atomic mass is 16.5. The van der Waals surface area contributed by atoms with Crippen LogP contribution in [-0.2, 0) is 4.74 Å². The second-order valence-corrected chi connectivity index (χ2v) is 5.28. The minimum Gasteiger partial charge on any atom is -0.383 e. The molecule has 2 N–H and O–H groups in total. The molecule has 6 heteroatoms. The van der Waals surface area contributed by atoms with Gasteiger partial charge in [0.1, 0.15) is 0 Å². The second kappa shape index (κ2) is 8.14. The third-order valence-electron chi connectivity index (χ3n) is 3.26. The van der Waals surface area contributed by atoms with Crippen LogP contribution >= 0.6 is 0 Å². The molecule has 1 aromatic carbocycles. The Morgan fingerprint density at radius 3 is 2.57 bits per heavy atom. The van der Waals surface area contributed by atoms with Crippen molar-refractivity contribution in [2.45, 2.75) is 0 Å². The number of nitrogens with zero attached hydrogens (tertiary/aromatic N) is 2. The van der Waals surface area contributed by atoms with Gasteiger partial charge in [-0.05, 0) is 30.3 Å². The third kappa shape index (κ3) is 4.96. The first-order valence-corrected chi connectivity index (χ1v) is 7.37. The molecule has 23 heavy (non-hydrogen) atoms. The van der Waals surface area contributed by atoms with Gasteiger partial charge in [-0.3, -0.25) is 9.78 Å². The van der Waals surface area contributed by atoms with Gasteiger partial charge in [0.05, 0.1) is 24.1 Å². The fourth-order valence-corrected chi connectivity index (χ4v) is 2.01. The van der Waals surface area contributed by atoms with Crippen molar-refractivity contribution in [3.63, 3.8) is 0 Å². The van der Waals surface area contributed by atoms with Crippen molar-refractivity contribution in [1.82, 2.24) is 10.3 Å². The summed E-state index contributed by atoms with van der Waals surface area (Å²) < 4.78 is 4.91. The van der Waals surface area contributed by atoms with E-state index < -0.39 is 0 Å². The predicted octanol–water partition coefficient (Wildman–Crippen LogP) is 2.27. The number of pyridine rings is 1. The number of hydrogen-bond acceptors (Lipinski definition) is 5. The van der Waals surface area contributed by atoms with Crippen LogP contribution in [0.2, 0.25) is 0 Å². The molecule has 0 saturated heterocycles. The topological polar surface area (TPSA) is 66.5 Å². The Balaban J connectivity index is 2.03. The summed E-state index contributed by atoms with van der Waals surface area (Å²) in [7, 11) is 5.59. The van der Waals surface area contributed by atoms with E-state index in [0.717, 1.165) is 17.1 Å². The van der Waals surface area contributed by atoms with E-state index in [-0.39, 0.29) is 5.91 Å². The maximum absolute atomic E-state index is 12.0. The quantitative estimate of drug-likeness (QED) is 0.768. The number of aromatic nitrogens is 1. The first-order chi connectivity index (χ1) is 11.1. The number of carbonyl (C=O) groups excluding carboxylic acids is 1. The predicted molar refractivity (Wildman–Crippen MR) is 92.5 cm³/mol. The van der Waals surface area contributed by atoms with Gasteiger partial charge in [-0.2, -0.15) is 0 Å². The molecule has 0 radical (unpaired) electrons. The number of carbonyl (C=O) groups is 1. The first-order valence-electron chi connectivity index (χ1n) is 7.37. The highest BCUT2D eigenvalue weighted by molar-refractivity contribution is 5.94. The molecule has 0 atom stereocenters. The van der Waals surface area contributed by atoms with Gasteiger partial charge in [0.25, 0.3) is 5.91 Å². The van der Waals surface area contributed by atoms with Crippen molar-refractivity contribution >= 4 is 23.0 Å². The molecule has 0 fully saturated rings. The highest BCUT2D eigenvalue weighted by Gasteiger charge is 2.06. The number of amides is 1.